The molecule has 98 valence electrons. The average Bonchev–Trinajstić information content (AvgIpc) is 2.43. The molecule has 0 spiro atoms. The van der Waals surface area contributed by atoms with Crippen LogP contribution in [0.2, 0.25) is 0 Å². The third-order valence-electron chi connectivity index (χ3n) is 3.61. The lowest BCUT2D eigenvalue weighted by molar-refractivity contribution is -0.129. The van der Waals surface area contributed by atoms with Crippen LogP contribution in [-0.2, 0) is 4.79 Å². The van der Waals surface area contributed by atoms with Crippen LogP contribution in [0.15, 0.2) is 24.3 Å². The molecule has 1 aromatic carbocycles. The zero-order chi connectivity index (χ0) is 13.4. The average molecular weight is 256 g/mol. The molecule has 5 nitrogen and oxygen atoms in total. The molecule has 1 aromatic heterocycles. The van der Waals surface area contributed by atoms with Gasteiger partial charge in [0.05, 0.1) is 12.2 Å². The van der Waals surface area contributed by atoms with E-state index in [9.17, 15) is 4.79 Å². The summed E-state index contributed by atoms with van der Waals surface area (Å²) >= 11 is 0. The summed E-state index contributed by atoms with van der Waals surface area (Å²) in [6.45, 7) is 3.85. The van der Waals surface area contributed by atoms with E-state index in [0.717, 1.165) is 35.4 Å². The number of aromatic nitrogens is 2. The van der Waals surface area contributed by atoms with Crippen molar-refractivity contribution in [1.29, 1.82) is 0 Å². The topological polar surface area (TPSA) is 49.3 Å². The third kappa shape index (κ3) is 2.01. The van der Waals surface area contributed by atoms with E-state index in [1.165, 1.54) is 0 Å². The fraction of sp³-hybridized carbons (Fsp3) is 0.357. The predicted octanol–water partition coefficient (Wildman–Crippen LogP) is 1.22. The fourth-order valence-electron chi connectivity index (χ4n) is 2.40. The molecule has 0 radical (unpaired) electrons. The molecular weight excluding hydrogens is 240 g/mol. The van der Waals surface area contributed by atoms with Crippen LogP contribution in [0.25, 0.3) is 10.8 Å². The fourth-order valence-corrected chi connectivity index (χ4v) is 2.40. The number of nitrogens with zero attached hydrogens (tertiary/aromatic N) is 4. The van der Waals surface area contributed by atoms with Crippen molar-refractivity contribution in [2.45, 2.75) is 6.92 Å². The Labute approximate surface area is 111 Å². The number of amides is 1. The standard InChI is InChI=1S/C14H16N4O/c1-10-11-5-3-4-6-12(11)14(16-15-10)18-8-7-17(2)13(19)9-18/h3-6H,7-9H2,1-2H3. The van der Waals surface area contributed by atoms with Gasteiger partial charge in [0.15, 0.2) is 5.82 Å². The van der Waals surface area contributed by atoms with Crippen LogP contribution in [0.4, 0.5) is 5.82 Å². The summed E-state index contributed by atoms with van der Waals surface area (Å²) in [6.07, 6.45) is 0. The van der Waals surface area contributed by atoms with Crippen molar-refractivity contribution in [3.8, 4) is 0 Å². The van der Waals surface area contributed by atoms with Gasteiger partial charge in [-0.05, 0) is 6.92 Å². The normalized spacial score (nSPS) is 16.2. The molecule has 0 aliphatic carbocycles. The number of likely N-dealkylation sites (N-methyl/N-ethyl adjacent to an activating group) is 1. The zero-order valence-electron chi connectivity index (χ0n) is 11.1. The number of carbonyl (C=O) groups is 1. The zero-order valence-corrected chi connectivity index (χ0v) is 11.1. The van der Waals surface area contributed by atoms with Crippen molar-refractivity contribution in [1.82, 2.24) is 15.1 Å². The smallest absolute Gasteiger partial charge is 0.241 e. The van der Waals surface area contributed by atoms with E-state index in [-0.39, 0.29) is 5.91 Å². The minimum absolute atomic E-state index is 0.123. The van der Waals surface area contributed by atoms with E-state index in [4.69, 9.17) is 0 Å². The molecule has 3 rings (SSSR count). The quantitative estimate of drug-likeness (QED) is 0.769. The highest BCUT2D eigenvalue weighted by molar-refractivity contribution is 5.95. The van der Waals surface area contributed by atoms with Gasteiger partial charge < -0.3 is 9.80 Å². The summed E-state index contributed by atoms with van der Waals surface area (Å²) in [4.78, 5) is 15.6. The summed E-state index contributed by atoms with van der Waals surface area (Å²) in [7, 11) is 1.83. The van der Waals surface area contributed by atoms with Gasteiger partial charge in [-0.25, -0.2) is 0 Å². The SMILES string of the molecule is Cc1nnc(N2CCN(C)C(=O)C2)c2ccccc12. The third-order valence-corrected chi connectivity index (χ3v) is 3.61. The van der Waals surface area contributed by atoms with Crippen LogP contribution in [0.1, 0.15) is 5.69 Å². The molecule has 2 aromatic rings. The molecule has 1 amide bonds. The Hall–Kier alpha value is -2.17. The lowest BCUT2D eigenvalue weighted by atomic mass is 10.1. The Morgan fingerprint density at radius 2 is 1.84 bits per heavy atom. The van der Waals surface area contributed by atoms with Gasteiger partial charge in [0.1, 0.15) is 0 Å². The number of fused-ring (bicyclic) bond motifs is 1. The Balaban J connectivity index is 2.06. The maximum atomic E-state index is 11.8. The van der Waals surface area contributed by atoms with Gasteiger partial charge in [0.2, 0.25) is 5.91 Å². The number of carbonyl (C=O) groups excluding carboxylic acids is 1. The van der Waals surface area contributed by atoms with Crippen LogP contribution >= 0.6 is 0 Å². The summed E-state index contributed by atoms with van der Waals surface area (Å²) in [5.74, 6) is 0.931. The number of hydrogen-bond acceptors (Lipinski definition) is 4. The molecule has 1 aliphatic heterocycles. The van der Waals surface area contributed by atoms with E-state index in [1.54, 1.807) is 4.90 Å². The van der Waals surface area contributed by atoms with E-state index >= 15 is 0 Å². The molecule has 1 aliphatic rings. The van der Waals surface area contributed by atoms with Crippen LogP contribution in [-0.4, -0.2) is 47.7 Å². The van der Waals surface area contributed by atoms with E-state index in [1.807, 2.05) is 43.1 Å². The Kier molecular flexibility index (Phi) is 2.81. The predicted molar refractivity (Wildman–Crippen MR) is 74.1 cm³/mol. The van der Waals surface area contributed by atoms with Gasteiger partial charge in [-0.1, -0.05) is 24.3 Å². The van der Waals surface area contributed by atoms with E-state index < -0.39 is 0 Å². The molecule has 0 bridgehead atoms. The molecule has 0 N–H and O–H groups in total. The van der Waals surface area contributed by atoms with Crippen LogP contribution in [0, 0.1) is 6.92 Å². The molecule has 0 atom stereocenters. The Morgan fingerprint density at radius 3 is 2.58 bits per heavy atom. The maximum Gasteiger partial charge on any atom is 0.241 e. The number of piperazine rings is 1. The van der Waals surface area contributed by atoms with Crippen LogP contribution in [0.5, 0.6) is 0 Å². The minimum Gasteiger partial charge on any atom is -0.344 e. The number of benzene rings is 1. The monoisotopic (exact) mass is 256 g/mol. The van der Waals surface area contributed by atoms with Crippen molar-refractivity contribution >= 4 is 22.5 Å². The Morgan fingerprint density at radius 1 is 1.11 bits per heavy atom. The second kappa shape index (κ2) is 4.50. The molecule has 19 heavy (non-hydrogen) atoms. The van der Waals surface area contributed by atoms with E-state index in [2.05, 4.69) is 10.2 Å². The first kappa shape index (κ1) is 11.9. The maximum absolute atomic E-state index is 11.8. The van der Waals surface area contributed by atoms with Gasteiger partial charge in [-0.2, -0.15) is 5.10 Å². The van der Waals surface area contributed by atoms with Gasteiger partial charge in [0, 0.05) is 30.9 Å². The lowest BCUT2D eigenvalue weighted by Crippen LogP contribution is -2.49. The van der Waals surface area contributed by atoms with Crippen LogP contribution in [0.3, 0.4) is 0 Å². The Bertz CT molecular complexity index is 640. The van der Waals surface area contributed by atoms with Crippen molar-refractivity contribution < 1.29 is 4.79 Å². The summed E-state index contributed by atoms with van der Waals surface area (Å²) in [6, 6.07) is 8.07. The van der Waals surface area contributed by atoms with Gasteiger partial charge in [0.25, 0.3) is 0 Å². The highest BCUT2D eigenvalue weighted by Crippen LogP contribution is 2.26. The van der Waals surface area contributed by atoms with Gasteiger partial charge in [-0.3, -0.25) is 4.79 Å². The summed E-state index contributed by atoms with van der Waals surface area (Å²) in [5.41, 5.74) is 0.916. The molecular formula is C14H16N4O. The largest absolute Gasteiger partial charge is 0.344 e. The van der Waals surface area contributed by atoms with Crippen molar-refractivity contribution in [3.63, 3.8) is 0 Å². The number of rotatable bonds is 1. The van der Waals surface area contributed by atoms with Crippen LogP contribution < -0.4 is 4.90 Å². The summed E-state index contributed by atoms with van der Waals surface area (Å²) in [5, 5.41) is 10.7. The molecule has 0 saturated carbocycles. The second-order valence-corrected chi connectivity index (χ2v) is 4.89. The molecule has 2 heterocycles. The van der Waals surface area contributed by atoms with Gasteiger partial charge in [-0.15, -0.1) is 5.10 Å². The number of aryl methyl sites for hydroxylation is 1. The number of hydrogen-bond donors (Lipinski definition) is 0. The highest BCUT2D eigenvalue weighted by atomic mass is 16.2. The van der Waals surface area contributed by atoms with E-state index in [0.29, 0.717) is 6.54 Å². The van der Waals surface area contributed by atoms with Gasteiger partial charge >= 0.3 is 0 Å². The first-order chi connectivity index (χ1) is 9.16. The first-order valence-corrected chi connectivity index (χ1v) is 6.38. The second-order valence-electron chi connectivity index (χ2n) is 4.89. The minimum atomic E-state index is 0.123. The molecule has 1 fully saturated rings. The lowest BCUT2D eigenvalue weighted by Gasteiger charge is -2.33. The first-order valence-electron chi connectivity index (χ1n) is 6.38. The molecule has 0 unspecified atom stereocenters. The molecule has 1 saturated heterocycles. The van der Waals surface area contributed by atoms with Crippen molar-refractivity contribution in [2.75, 3.05) is 31.6 Å². The summed E-state index contributed by atoms with van der Waals surface area (Å²) < 4.78 is 0. The number of anilines is 1. The van der Waals surface area contributed by atoms with Crippen molar-refractivity contribution in [3.05, 3.63) is 30.0 Å². The van der Waals surface area contributed by atoms with Crippen molar-refractivity contribution in [2.24, 2.45) is 0 Å². The molecule has 5 heteroatoms. The highest BCUT2D eigenvalue weighted by Gasteiger charge is 2.23.